The molecule has 1 aliphatic carbocycles. The molecule has 0 bridgehead atoms. The molecule has 1 saturated carbocycles. The first-order valence-electron chi connectivity index (χ1n) is 6.06. The Balaban J connectivity index is 1.97. The van der Waals surface area contributed by atoms with Crippen LogP contribution in [0.25, 0.3) is 0 Å². The van der Waals surface area contributed by atoms with E-state index in [0.717, 1.165) is 13.1 Å². The topological polar surface area (TPSA) is 15.6 Å². The number of hydrogen-bond acceptors (Lipinski definition) is 2. The molecule has 0 saturated heterocycles. The van der Waals surface area contributed by atoms with Gasteiger partial charge in [0.05, 0.1) is 12.0 Å². The Hall–Kier alpha value is -1.31. The maximum Gasteiger partial charge on any atom is 0.109 e. The summed E-state index contributed by atoms with van der Waals surface area (Å²) >= 11 is 0. The number of rotatable bonds is 2. The number of amidine groups is 1. The lowest BCUT2D eigenvalue weighted by Crippen LogP contribution is -2.33. The van der Waals surface area contributed by atoms with Gasteiger partial charge in [0.15, 0.2) is 0 Å². The van der Waals surface area contributed by atoms with Crippen molar-refractivity contribution in [2.75, 3.05) is 20.1 Å². The molecule has 0 atom stereocenters. The summed E-state index contributed by atoms with van der Waals surface area (Å²) in [5, 5.41) is 0. The van der Waals surface area contributed by atoms with Crippen molar-refractivity contribution in [3.8, 4) is 0 Å². The van der Waals surface area contributed by atoms with Gasteiger partial charge in [-0.2, -0.15) is 0 Å². The van der Waals surface area contributed by atoms with Crippen LogP contribution in [0.1, 0.15) is 24.0 Å². The minimum Gasteiger partial charge on any atom is -0.361 e. The van der Waals surface area contributed by atoms with Gasteiger partial charge in [0.25, 0.3) is 0 Å². The lowest BCUT2D eigenvalue weighted by atomic mass is 9.93. The molecule has 1 aromatic rings. The fraction of sp³-hybridized carbons (Fsp3) is 0.500. The average Bonchev–Trinajstić information content (AvgIpc) is 2.97. The smallest absolute Gasteiger partial charge is 0.109 e. The zero-order chi connectivity index (χ0) is 11.2. The molecule has 1 heterocycles. The van der Waals surface area contributed by atoms with E-state index in [2.05, 4.69) is 43.1 Å². The highest BCUT2D eigenvalue weighted by Gasteiger charge is 2.51. The molecule has 0 amide bonds. The van der Waals surface area contributed by atoms with E-state index in [0.29, 0.717) is 0 Å². The van der Waals surface area contributed by atoms with Gasteiger partial charge >= 0.3 is 0 Å². The third-order valence-electron chi connectivity index (χ3n) is 3.84. The standard InChI is InChI=1S/C14H18N2/c1-11-3-5-12(6-4-11)14(7-8-14)13-15-9-10-16(13)2/h3-6H,7-10H2,1-2H3. The first-order chi connectivity index (χ1) is 7.72. The molecule has 0 radical (unpaired) electrons. The first-order valence-corrected chi connectivity index (χ1v) is 6.06. The third kappa shape index (κ3) is 1.36. The van der Waals surface area contributed by atoms with Crippen LogP contribution in [0.5, 0.6) is 0 Å². The molecular weight excluding hydrogens is 196 g/mol. The molecule has 1 fully saturated rings. The molecule has 1 aromatic carbocycles. The van der Waals surface area contributed by atoms with Crippen molar-refractivity contribution in [3.05, 3.63) is 35.4 Å². The van der Waals surface area contributed by atoms with Crippen LogP contribution in [-0.4, -0.2) is 30.9 Å². The molecule has 0 unspecified atom stereocenters. The van der Waals surface area contributed by atoms with E-state index in [4.69, 9.17) is 4.99 Å². The van der Waals surface area contributed by atoms with Gasteiger partial charge in [0, 0.05) is 13.6 Å². The Bertz CT molecular complexity index is 427. The van der Waals surface area contributed by atoms with E-state index in [9.17, 15) is 0 Å². The second-order valence-electron chi connectivity index (χ2n) is 5.08. The van der Waals surface area contributed by atoms with Crippen LogP contribution in [0.3, 0.4) is 0 Å². The highest BCUT2D eigenvalue weighted by atomic mass is 15.2. The molecule has 2 aliphatic rings. The quantitative estimate of drug-likeness (QED) is 0.738. The van der Waals surface area contributed by atoms with Crippen LogP contribution in [0.4, 0.5) is 0 Å². The maximum atomic E-state index is 4.69. The minimum absolute atomic E-state index is 0.263. The van der Waals surface area contributed by atoms with Gasteiger partial charge in [-0.3, -0.25) is 4.99 Å². The van der Waals surface area contributed by atoms with Crippen LogP contribution >= 0.6 is 0 Å². The molecule has 3 rings (SSSR count). The van der Waals surface area contributed by atoms with Crippen LogP contribution in [0.2, 0.25) is 0 Å². The lowest BCUT2D eigenvalue weighted by molar-refractivity contribution is 0.532. The summed E-state index contributed by atoms with van der Waals surface area (Å²) < 4.78 is 0. The first kappa shape index (κ1) is 9.88. The van der Waals surface area contributed by atoms with Crippen molar-refractivity contribution in [1.82, 2.24) is 4.90 Å². The molecule has 2 heteroatoms. The summed E-state index contributed by atoms with van der Waals surface area (Å²) in [5.41, 5.74) is 3.05. The number of nitrogens with zero attached hydrogens (tertiary/aromatic N) is 2. The van der Waals surface area contributed by atoms with Crippen LogP contribution in [0.15, 0.2) is 29.3 Å². The monoisotopic (exact) mass is 214 g/mol. The summed E-state index contributed by atoms with van der Waals surface area (Å²) in [5.74, 6) is 1.32. The Morgan fingerprint density at radius 1 is 1.19 bits per heavy atom. The predicted octanol–water partition coefficient (Wildman–Crippen LogP) is 2.37. The molecule has 0 N–H and O–H groups in total. The summed E-state index contributed by atoms with van der Waals surface area (Å²) in [6.07, 6.45) is 2.53. The Labute approximate surface area is 97.0 Å². The number of likely N-dealkylation sites (N-methyl/N-ethyl adjacent to an activating group) is 1. The maximum absolute atomic E-state index is 4.69. The summed E-state index contributed by atoms with van der Waals surface area (Å²) in [4.78, 5) is 7.02. The molecule has 0 spiro atoms. The zero-order valence-electron chi connectivity index (χ0n) is 10.0. The lowest BCUT2D eigenvalue weighted by Gasteiger charge is -2.23. The summed E-state index contributed by atoms with van der Waals surface area (Å²) in [6, 6.07) is 8.98. The second kappa shape index (κ2) is 3.34. The van der Waals surface area contributed by atoms with Crippen molar-refractivity contribution < 1.29 is 0 Å². The van der Waals surface area contributed by atoms with E-state index in [-0.39, 0.29) is 5.41 Å². The van der Waals surface area contributed by atoms with Gasteiger partial charge < -0.3 is 4.90 Å². The minimum atomic E-state index is 0.263. The SMILES string of the molecule is Cc1ccc(C2(C3=NCCN3C)CC2)cc1. The van der Waals surface area contributed by atoms with E-state index in [1.807, 2.05) is 0 Å². The molecule has 84 valence electrons. The number of benzene rings is 1. The predicted molar refractivity (Wildman–Crippen MR) is 67.0 cm³/mol. The number of aliphatic imine (C=N–C) groups is 1. The van der Waals surface area contributed by atoms with Gasteiger partial charge in [0.1, 0.15) is 5.84 Å². The molecular formula is C14H18N2. The van der Waals surface area contributed by atoms with Crippen molar-refractivity contribution in [3.63, 3.8) is 0 Å². The van der Waals surface area contributed by atoms with Crippen LogP contribution in [-0.2, 0) is 5.41 Å². The highest BCUT2D eigenvalue weighted by molar-refractivity contribution is 5.96. The Morgan fingerprint density at radius 2 is 1.88 bits per heavy atom. The highest BCUT2D eigenvalue weighted by Crippen LogP contribution is 2.50. The molecule has 1 aliphatic heterocycles. The zero-order valence-corrected chi connectivity index (χ0v) is 10.0. The van der Waals surface area contributed by atoms with Crippen LogP contribution in [0, 0.1) is 6.92 Å². The molecule has 16 heavy (non-hydrogen) atoms. The van der Waals surface area contributed by atoms with Gasteiger partial charge in [-0.15, -0.1) is 0 Å². The van der Waals surface area contributed by atoms with Gasteiger partial charge in [-0.25, -0.2) is 0 Å². The Kier molecular flexibility index (Phi) is 2.06. The fourth-order valence-corrected chi connectivity index (χ4v) is 2.69. The van der Waals surface area contributed by atoms with E-state index in [1.54, 1.807) is 0 Å². The van der Waals surface area contributed by atoms with Crippen molar-refractivity contribution in [1.29, 1.82) is 0 Å². The normalized spacial score (nSPS) is 22.1. The van der Waals surface area contributed by atoms with Crippen LogP contribution < -0.4 is 0 Å². The van der Waals surface area contributed by atoms with E-state index in [1.165, 1.54) is 29.8 Å². The molecule has 0 aromatic heterocycles. The van der Waals surface area contributed by atoms with Crippen molar-refractivity contribution in [2.45, 2.75) is 25.2 Å². The summed E-state index contributed by atoms with van der Waals surface area (Å²) in [6.45, 7) is 4.20. The van der Waals surface area contributed by atoms with Gasteiger partial charge in [0.2, 0.25) is 0 Å². The number of aryl methyl sites for hydroxylation is 1. The second-order valence-corrected chi connectivity index (χ2v) is 5.08. The Morgan fingerprint density at radius 3 is 2.38 bits per heavy atom. The van der Waals surface area contributed by atoms with E-state index < -0.39 is 0 Å². The van der Waals surface area contributed by atoms with E-state index >= 15 is 0 Å². The number of hydrogen-bond donors (Lipinski definition) is 0. The van der Waals surface area contributed by atoms with Crippen molar-refractivity contribution in [2.24, 2.45) is 4.99 Å². The third-order valence-corrected chi connectivity index (χ3v) is 3.84. The average molecular weight is 214 g/mol. The van der Waals surface area contributed by atoms with Gasteiger partial charge in [-0.05, 0) is 25.3 Å². The van der Waals surface area contributed by atoms with Crippen molar-refractivity contribution >= 4 is 5.84 Å². The fourth-order valence-electron chi connectivity index (χ4n) is 2.69. The summed E-state index contributed by atoms with van der Waals surface area (Å²) in [7, 11) is 2.17. The molecule has 2 nitrogen and oxygen atoms in total. The van der Waals surface area contributed by atoms with Gasteiger partial charge in [-0.1, -0.05) is 29.8 Å². The largest absolute Gasteiger partial charge is 0.361 e.